The summed E-state index contributed by atoms with van der Waals surface area (Å²) in [5.41, 5.74) is 3.18. The Morgan fingerprint density at radius 3 is 2.76 bits per heavy atom. The standard InChI is InChI=1S/C18H28N4O3/c1-4-18(25,8-5-9-23)11-20-17(24)19-10-15-21-14-7-6-12(2)13(3)16(14)22-15/h6-7,23,25H,4-5,8-11H2,1-3H3,(H,21,22)(H2,19,20,24)/t18-/m0/s1. The first-order valence-electron chi connectivity index (χ1n) is 8.68. The number of aromatic amines is 1. The van der Waals surface area contributed by atoms with Crippen LogP contribution in [-0.4, -0.2) is 45.0 Å². The molecule has 2 aromatic rings. The number of nitrogens with zero attached hydrogens (tertiary/aromatic N) is 1. The molecule has 25 heavy (non-hydrogen) atoms. The van der Waals surface area contributed by atoms with Gasteiger partial charge in [-0.15, -0.1) is 0 Å². The second kappa shape index (κ2) is 8.31. The number of fused-ring (bicyclic) bond motifs is 1. The molecule has 7 heteroatoms. The van der Waals surface area contributed by atoms with Crippen LogP contribution in [0.15, 0.2) is 12.1 Å². The summed E-state index contributed by atoms with van der Waals surface area (Å²) in [7, 11) is 0. The van der Waals surface area contributed by atoms with Gasteiger partial charge in [-0.05, 0) is 50.3 Å². The molecule has 0 radical (unpaired) electrons. The molecule has 0 aliphatic carbocycles. The van der Waals surface area contributed by atoms with Gasteiger partial charge in [-0.25, -0.2) is 9.78 Å². The first kappa shape index (κ1) is 19.2. The van der Waals surface area contributed by atoms with Crippen molar-refractivity contribution in [1.82, 2.24) is 20.6 Å². The lowest BCUT2D eigenvalue weighted by Crippen LogP contribution is -2.46. The fourth-order valence-electron chi connectivity index (χ4n) is 2.72. The van der Waals surface area contributed by atoms with E-state index in [4.69, 9.17) is 5.11 Å². The molecule has 1 aromatic carbocycles. The highest BCUT2D eigenvalue weighted by Crippen LogP contribution is 2.19. The molecule has 0 bridgehead atoms. The monoisotopic (exact) mass is 348 g/mol. The quantitative estimate of drug-likeness (QED) is 0.502. The summed E-state index contributed by atoms with van der Waals surface area (Å²) >= 11 is 0. The Bertz CT molecular complexity index is 728. The molecule has 1 aromatic heterocycles. The number of imidazole rings is 1. The summed E-state index contributed by atoms with van der Waals surface area (Å²) < 4.78 is 0. The number of amides is 2. The van der Waals surface area contributed by atoms with E-state index < -0.39 is 5.60 Å². The predicted molar refractivity (Wildman–Crippen MR) is 97.4 cm³/mol. The minimum absolute atomic E-state index is 0.0272. The third-order valence-corrected chi connectivity index (χ3v) is 4.68. The third kappa shape index (κ3) is 4.93. The zero-order chi connectivity index (χ0) is 18.4. The maximum absolute atomic E-state index is 12.0. The molecule has 1 heterocycles. The topological polar surface area (TPSA) is 110 Å². The molecule has 0 spiro atoms. The van der Waals surface area contributed by atoms with Gasteiger partial charge in [-0.2, -0.15) is 0 Å². The van der Waals surface area contributed by atoms with Gasteiger partial charge < -0.3 is 25.8 Å². The second-order valence-corrected chi connectivity index (χ2v) is 6.53. The number of aliphatic hydroxyl groups is 2. The number of aromatic nitrogens is 2. The van der Waals surface area contributed by atoms with Crippen LogP contribution >= 0.6 is 0 Å². The van der Waals surface area contributed by atoms with E-state index >= 15 is 0 Å². The van der Waals surface area contributed by atoms with Crippen molar-refractivity contribution in [1.29, 1.82) is 0 Å². The predicted octanol–water partition coefficient (Wildman–Crippen LogP) is 1.89. The first-order valence-corrected chi connectivity index (χ1v) is 8.68. The average Bonchev–Trinajstić information content (AvgIpc) is 3.03. The van der Waals surface area contributed by atoms with Gasteiger partial charge in [0.05, 0.1) is 23.2 Å². The molecule has 0 saturated carbocycles. The van der Waals surface area contributed by atoms with Crippen LogP contribution in [0.5, 0.6) is 0 Å². The molecule has 7 nitrogen and oxygen atoms in total. The van der Waals surface area contributed by atoms with E-state index in [2.05, 4.69) is 20.6 Å². The highest BCUT2D eigenvalue weighted by Gasteiger charge is 2.24. The van der Waals surface area contributed by atoms with E-state index in [1.165, 1.54) is 5.56 Å². The number of benzene rings is 1. The van der Waals surface area contributed by atoms with E-state index in [-0.39, 0.29) is 25.7 Å². The van der Waals surface area contributed by atoms with Gasteiger partial charge in [-0.1, -0.05) is 13.0 Å². The van der Waals surface area contributed by atoms with Gasteiger partial charge in [0.1, 0.15) is 5.82 Å². The zero-order valence-electron chi connectivity index (χ0n) is 15.1. The summed E-state index contributed by atoms with van der Waals surface area (Å²) in [6.07, 6.45) is 1.46. The molecule has 2 amide bonds. The number of nitrogens with one attached hydrogen (secondary N) is 3. The third-order valence-electron chi connectivity index (χ3n) is 4.68. The lowest BCUT2D eigenvalue weighted by atomic mass is 9.95. The molecule has 0 fully saturated rings. The van der Waals surface area contributed by atoms with Crippen molar-refractivity contribution in [2.24, 2.45) is 0 Å². The second-order valence-electron chi connectivity index (χ2n) is 6.53. The van der Waals surface area contributed by atoms with Gasteiger partial charge >= 0.3 is 6.03 Å². The Morgan fingerprint density at radius 1 is 1.32 bits per heavy atom. The molecular weight excluding hydrogens is 320 g/mol. The smallest absolute Gasteiger partial charge is 0.315 e. The van der Waals surface area contributed by atoms with Gasteiger partial charge in [-0.3, -0.25) is 0 Å². The Labute approximate surface area is 147 Å². The van der Waals surface area contributed by atoms with Crippen molar-refractivity contribution < 1.29 is 15.0 Å². The normalized spacial score (nSPS) is 13.6. The molecule has 2 rings (SSSR count). The van der Waals surface area contributed by atoms with Crippen LogP contribution in [0.3, 0.4) is 0 Å². The number of H-pyrrole nitrogens is 1. The summed E-state index contributed by atoms with van der Waals surface area (Å²) in [5.74, 6) is 0.685. The molecule has 0 aliphatic heterocycles. The van der Waals surface area contributed by atoms with Crippen molar-refractivity contribution in [3.63, 3.8) is 0 Å². The van der Waals surface area contributed by atoms with Gasteiger partial charge in [0.25, 0.3) is 0 Å². The van der Waals surface area contributed by atoms with Gasteiger partial charge in [0.15, 0.2) is 0 Å². The van der Waals surface area contributed by atoms with E-state index in [0.29, 0.717) is 25.1 Å². The molecular formula is C18H28N4O3. The van der Waals surface area contributed by atoms with Gasteiger partial charge in [0.2, 0.25) is 0 Å². The summed E-state index contributed by atoms with van der Waals surface area (Å²) in [5, 5.41) is 24.7. The average molecular weight is 348 g/mol. The molecule has 0 unspecified atom stereocenters. The number of carbonyl (C=O) groups is 1. The number of hydrogen-bond donors (Lipinski definition) is 5. The van der Waals surface area contributed by atoms with E-state index in [0.717, 1.165) is 16.6 Å². The number of carbonyl (C=O) groups excluding carboxylic acids is 1. The van der Waals surface area contributed by atoms with Crippen LogP contribution in [0.1, 0.15) is 43.1 Å². The summed E-state index contributed by atoms with van der Waals surface area (Å²) in [6, 6.07) is 3.67. The Hall–Kier alpha value is -2.12. The van der Waals surface area contributed by atoms with Crippen molar-refractivity contribution in [3.05, 3.63) is 29.1 Å². The fourth-order valence-corrected chi connectivity index (χ4v) is 2.72. The van der Waals surface area contributed by atoms with E-state index in [1.54, 1.807) is 0 Å². The number of aliphatic hydroxyl groups excluding tert-OH is 1. The highest BCUT2D eigenvalue weighted by molar-refractivity contribution is 5.80. The molecule has 5 N–H and O–H groups in total. The highest BCUT2D eigenvalue weighted by atomic mass is 16.3. The van der Waals surface area contributed by atoms with Crippen LogP contribution in [-0.2, 0) is 6.54 Å². The van der Waals surface area contributed by atoms with Crippen LogP contribution in [0, 0.1) is 13.8 Å². The van der Waals surface area contributed by atoms with Crippen LogP contribution in [0.4, 0.5) is 4.79 Å². The SMILES string of the molecule is CC[C@](O)(CCCO)CNC(=O)NCc1nc2c(C)c(C)ccc2[nH]1. The Balaban J connectivity index is 1.88. The minimum Gasteiger partial charge on any atom is -0.396 e. The minimum atomic E-state index is -0.992. The maximum Gasteiger partial charge on any atom is 0.315 e. The molecule has 1 atom stereocenters. The van der Waals surface area contributed by atoms with Crippen molar-refractivity contribution >= 4 is 17.1 Å². The fraction of sp³-hybridized carbons (Fsp3) is 0.556. The summed E-state index contributed by atoms with van der Waals surface area (Å²) in [6.45, 7) is 6.38. The summed E-state index contributed by atoms with van der Waals surface area (Å²) in [4.78, 5) is 19.7. The lowest BCUT2D eigenvalue weighted by Gasteiger charge is -2.26. The maximum atomic E-state index is 12.0. The zero-order valence-corrected chi connectivity index (χ0v) is 15.1. The van der Waals surface area contributed by atoms with Crippen LogP contribution < -0.4 is 10.6 Å². The van der Waals surface area contributed by atoms with Crippen molar-refractivity contribution in [3.8, 4) is 0 Å². The number of urea groups is 1. The molecule has 0 aliphatic rings. The lowest BCUT2D eigenvalue weighted by molar-refractivity contribution is 0.0239. The number of rotatable bonds is 8. The largest absolute Gasteiger partial charge is 0.396 e. The Morgan fingerprint density at radius 2 is 2.08 bits per heavy atom. The van der Waals surface area contributed by atoms with E-state index in [9.17, 15) is 9.90 Å². The molecule has 0 saturated heterocycles. The number of aryl methyl sites for hydroxylation is 2. The van der Waals surface area contributed by atoms with Crippen LogP contribution in [0.25, 0.3) is 11.0 Å². The van der Waals surface area contributed by atoms with Crippen molar-refractivity contribution in [2.75, 3.05) is 13.2 Å². The molecule has 138 valence electrons. The Kier molecular flexibility index (Phi) is 6.39. The first-order chi connectivity index (χ1) is 11.9. The van der Waals surface area contributed by atoms with E-state index in [1.807, 2.05) is 32.9 Å². The van der Waals surface area contributed by atoms with Crippen molar-refractivity contribution in [2.45, 2.75) is 52.2 Å². The van der Waals surface area contributed by atoms with Crippen LogP contribution in [0.2, 0.25) is 0 Å². The number of hydrogen-bond acceptors (Lipinski definition) is 4. The van der Waals surface area contributed by atoms with Gasteiger partial charge in [0, 0.05) is 13.2 Å².